The van der Waals surface area contributed by atoms with Gasteiger partial charge in [0, 0.05) is 27.4 Å². The highest BCUT2D eigenvalue weighted by Gasteiger charge is 2.21. The molecule has 0 aliphatic rings. The Bertz CT molecular complexity index is 119. The summed E-state index contributed by atoms with van der Waals surface area (Å²) in [6.07, 6.45) is -0.322. The van der Waals surface area contributed by atoms with Gasteiger partial charge in [0.2, 0.25) is 0 Å². The number of hydrogen-bond acceptors (Lipinski definition) is 4. The van der Waals surface area contributed by atoms with E-state index in [0.717, 1.165) is 6.54 Å². The lowest BCUT2D eigenvalue weighted by Gasteiger charge is -2.26. The number of hydrogen-bond donors (Lipinski definition) is 0. The van der Waals surface area contributed by atoms with Crippen LogP contribution in [0.25, 0.3) is 0 Å². The molecule has 0 aromatic rings. The lowest BCUT2D eigenvalue weighted by molar-refractivity contribution is -0.187. The fraction of sp³-hybridized carbons (Fsp3) is 1.00. The predicted molar refractivity (Wildman–Crippen MR) is 51.8 cm³/mol. The normalized spacial score (nSPS) is 16.2. The number of likely N-dealkylation sites (N-methyl/N-ethyl adjacent to an activating group) is 1. The standard InChI is InChI=1S/C9H21NO3/c1-6-13-9(12-5)8(11-4)7-10(2)3/h8-9H,6-7H2,1-5H3. The fourth-order valence-corrected chi connectivity index (χ4v) is 1.12. The average Bonchev–Trinajstić information content (AvgIpc) is 2.10. The van der Waals surface area contributed by atoms with Crippen molar-refractivity contribution in [1.29, 1.82) is 0 Å². The van der Waals surface area contributed by atoms with Gasteiger partial charge in [-0.3, -0.25) is 0 Å². The maximum Gasteiger partial charge on any atom is 0.184 e. The second-order valence-corrected chi connectivity index (χ2v) is 3.10. The molecule has 0 fully saturated rings. The monoisotopic (exact) mass is 191 g/mol. The van der Waals surface area contributed by atoms with E-state index in [2.05, 4.69) is 0 Å². The summed E-state index contributed by atoms with van der Waals surface area (Å²) in [5.74, 6) is 0. The quantitative estimate of drug-likeness (QED) is 0.551. The van der Waals surface area contributed by atoms with Crippen LogP contribution in [0.1, 0.15) is 6.92 Å². The number of nitrogens with zero attached hydrogens (tertiary/aromatic N) is 1. The minimum atomic E-state index is -0.280. The van der Waals surface area contributed by atoms with E-state index in [1.54, 1.807) is 14.2 Å². The van der Waals surface area contributed by atoms with Crippen LogP contribution in [-0.4, -0.2) is 58.8 Å². The molecule has 0 aromatic heterocycles. The summed E-state index contributed by atoms with van der Waals surface area (Å²) in [5.41, 5.74) is 0. The molecule has 0 rings (SSSR count). The third-order valence-electron chi connectivity index (χ3n) is 1.71. The van der Waals surface area contributed by atoms with Crippen molar-refractivity contribution in [3.63, 3.8) is 0 Å². The van der Waals surface area contributed by atoms with Crippen LogP contribution in [0.3, 0.4) is 0 Å². The molecule has 0 aromatic carbocycles. The van der Waals surface area contributed by atoms with E-state index in [0.29, 0.717) is 6.61 Å². The second kappa shape index (κ2) is 7.26. The molecule has 0 spiro atoms. The largest absolute Gasteiger partial charge is 0.375 e. The van der Waals surface area contributed by atoms with Crippen LogP contribution < -0.4 is 0 Å². The first-order chi connectivity index (χ1) is 6.15. The number of ether oxygens (including phenoxy) is 3. The minimum Gasteiger partial charge on any atom is -0.375 e. The molecule has 0 amide bonds. The van der Waals surface area contributed by atoms with Gasteiger partial charge in [-0.25, -0.2) is 0 Å². The molecule has 13 heavy (non-hydrogen) atoms. The lowest BCUT2D eigenvalue weighted by atomic mass is 10.3. The lowest BCUT2D eigenvalue weighted by Crippen LogP contribution is -2.40. The molecule has 2 atom stereocenters. The second-order valence-electron chi connectivity index (χ2n) is 3.10. The first-order valence-electron chi connectivity index (χ1n) is 4.47. The van der Waals surface area contributed by atoms with Gasteiger partial charge in [-0.1, -0.05) is 0 Å². The van der Waals surface area contributed by atoms with E-state index in [4.69, 9.17) is 14.2 Å². The molecular weight excluding hydrogens is 170 g/mol. The van der Waals surface area contributed by atoms with Crippen molar-refractivity contribution in [3.8, 4) is 0 Å². The zero-order chi connectivity index (χ0) is 10.3. The molecule has 80 valence electrons. The molecule has 0 heterocycles. The SMILES string of the molecule is CCOC(OC)C(CN(C)C)OC. The van der Waals surface area contributed by atoms with E-state index >= 15 is 0 Å². The van der Waals surface area contributed by atoms with Gasteiger partial charge in [0.1, 0.15) is 6.10 Å². The smallest absolute Gasteiger partial charge is 0.184 e. The van der Waals surface area contributed by atoms with Gasteiger partial charge < -0.3 is 19.1 Å². The first kappa shape index (κ1) is 12.8. The summed E-state index contributed by atoms with van der Waals surface area (Å²) in [5, 5.41) is 0. The van der Waals surface area contributed by atoms with E-state index in [1.165, 1.54) is 0 Å². The summed E-state index contributed by atoms with van der Waals surface area (Å²) in [7, 11) is 7.27. The molecule has 0 aliphatic heterocycles. The van der Waals surface area contributed by atoms with Crippen molar-refractivity contribution in [2.45, 2.75) is 19.3 Å². The molecule has 2 unspecified atom stereocenters. The topological polar surface area (TPSA) is 30.9 Å². The average molecular weight is 191 g/mol. The minimum absolute atomic E-state index is 0.0417. The Labute approximate surface area is 80.8 Å². The Hall–Kier alpha value is -0.160. The van der Waals surface area contributed by atoms with E-state index < -0.39 is 0 Å². The maximum atomic E-state index is 5.37. The van der Waals surface area contributed by atoms with Crippen LogP contribution in [0.4, 0.5) is 0 Å². The van der Waals surface area contributed by atoms with Crippen molar-refractivity contribution >= 4 is 0 Å². The molecule has 0 saturated carbocycles. The van der Waals surface area contributed by atoms with Crippen molar-refractivity contribution in [1.82, 2.24) is 4.90 Å². The fourth-order valence-electron chi connectivity index (χ4n) is 1.12. The van der Waals surface area contributed by atoms with Crippen molar-refractivity contribution in [3.05, 3.63) is 0 Å². The summed E-state index contributed by atoms with van der Waals surface area (Å²) in [4.78, 5) is 2.04. The Morgan fingerprint density at radius 2 is 1.77 bits per heavy atom. The maximum absolute atomic E-state index is 5.37. The molecular formula is C9H21NO3. The van der Waals surface area contributed by atoms with Crippen molar-refractivity contribution < 1.29 is 14.2 Å². The highest BCUT2D eigenvalue weighted by molar-refractivity contribution is 4.64. The van der Waals surface area contributed by atoms with Crippen molar-refractivity contribution in [2.75, 3.05) is 41.5 Å². The van der Waals surface area contributed by atoms with Crippen LogP contribution in [0.2, 0.25) is 0 Å². The van der Waals surface area contributed by atoms with Gasteiger partial charge in [0.05, 0.1) is 0 Å². The van der Waals surface area contributed by atoms with Crippen molar-refractivity contribution in [2.24, 2.45) is 0 Å². The Morgan fingerprint density at radius 1 is 1.15 bits per heavy atom. The highest BCUT2D eigenvalue weighted by Crippen LogP contribution is 2.05. The van der Waals surface area contributed by atoms with Crippen LogP contribution in [0, 0.1) is 0 Å². The third kappa shape index (κ3) is 5.21. The van der Waals surface area contributed by atoms with E-state index in [1.807, 2.05) is 25.9 Å². The van der Waals surface area contributed by atoms with Gasteiger partial charge in [0.15, 0.2) is 6.29 Å². The number of rotatable bonds is 7. The van der Waals surface area contributed by atoms with Gasteiger partial charge >= 0.3 is 0 Å². The molecule has 0 saturated heterocycles. The van der Waals surface area contributed by atoms with Crippen LogP contribution in [-0.2, 0) is 14.2 Å². The highest BCUT2D eigenvalue weighted by atomic mass is 16.7. The zero-order valence-corrected chi connectivity index (χ0v) is 9.24. The Morgan fingerprint density at radius 3 is 2.08 bits per heavy atom. The third-order valence-corrected chi connectivity index (χ3v) is 1.71. The van der Waals surface area contributed by atoms with Crippen LogP contribution in [0.5, 0.6) is 0 Å². The summed E-state index contributed by atoms with van der Waals surface area (Å²) in [6.45, 7) is 3.36. The molecule has 0 aliphatic carbocycles. The van der Waals surface area contributed by atoms with Crippen LogP contribution in [0.15, 0.2) is 0 Å². The molecule has 0 radical (unpaired) electrons. The molecule has 4 nitrogen and oxygen atoms in total. The van der Waals surface area contributed by atoms with Gasteiger partial charge in [-0.2, -0.15) is 0 Å². The first-order valence-corrected chi connectivity index (χ1v) is 4.47. The zero-order valence-electron chi connectivity index (χ0n) is 9.24. The predicted octanol–water partition coefficient (Wildman–Crippen LogP) is 0.572. The van der Waals surface area contributed by atoms with E-state index in [9.17, 15) is 0 Å². The van der Waals surface area contributed by atoms with Gasteiger partial charge in [0.25, 0.3) is 0 Å². The molecule has 0 bridgehead atoms. The molecule has 4 heteroatoms. The summed E-state index contributed by atoms with van der Waals surface area (Å²) >= 11 is 0. The summed E-state index contributed by atoms with van der Waals surface area (Å²) < 4.78 is 15.8. The van der Waals surface area contributed by atoms with Gasteiger partial charge in [-0.05, 0) is 21.0 Å². The Balaban J connectivity index is 4.00. The van der Waals surface area contributed by atoms with Crippen LogP contribution >= 0.6 is 0 Å². The Kier molecular flexibility index (Phi) is 7.17. The number of methoxy groups -OCH3 is 2. The molecule has 0 N–H and O–H groups in total. The van der Waals surface area contributed by atoms with Gasteiger partial charge in [-0.15, -0.1) is 0 Å². The summed E-state index contributed by atoms with van der Waals surface area (Å²) in [6, 6.07) is 0. The van der Waals surface area contributed by atoms with E-state index in [-0.39, 0.29) is 12.4 Å².